The molecule has 1 atom stereocenters. The SMILES string of the molecule is CC(CN)CCC(=O)c1cccc(OC2CC2)c1. The predicted octanol–water partition coefficient (Wildman–Crippen LogP) is 2.79. The van der Waals surface area contributed by atoms with Gasteiger partial charge in [0.15, 0.2) is 5.78 Å². The average molecular weight is 247 g/mol. The Bertz CT molecular complexity index is 413. The Balaban J connectivity index is 1.92. The van der Waals surface area contributed by atoms with Crippen LogP contribution in [0.5, 0.6) is 5.75 Å². The zero-order valence-corrected chi connectivity index (χ0v) is 10.9. The van der Waals surface area contributed by atoms with Gasteiger partial charge < -0.3 is 10.5 Å². The lowest BCUT2D eigenvalue weighted by molar-refractivity contribution is 0.0974. The van der Waals surface area contributed by atoms with E-state index in [-0.39, 0.29) is 5.78 Å². The fraction of sp³-hybridized carbons (Fsp3) is 0.533. The summed E-state index contributed by atoms with van der Waals surface area (Å²) in [5.74, 6) is 1.40. The van der Waals surface area contributed by atoms with E-state index in [0.29, 0.717) is 25.0 Å². The molecular formula is C15H21NO2. The lowest BCUT2D eigenvalue weighted by atomic mass is 10.00. The highest BCUT2D eigenvalue weighted by Crippen LogP contribution is 2.27. The molecule has 3 heteroatoms. The molecule has 2 N–H and O–H groups in total. The fourth-order valence-corrected chi connectivity index (χ4v) is 1.76. The van der Waals surface area contributed by atoms with Crippen LogP contribution in [0.3, 0.4) is 0 Å². The first-order valence-electron chi connectivity index (χ1n) is 6.69. The van der Waals surface area contributed by atoms with Crippen LogP contribution in [0.15, 0.2) is 24.3 Å². The molecule has 1 aliphatic rings. The second-order valence-corrected chi connectivity index (χ2v) is 5.15. The van der Waals surface area contributed by atoms with Crippen LogP contribution in [0.2, 0.25) is 0 Å². The molecule has 0 amide bonds. The molecule has 0 aliphatic heterocycles. The minimum absolute atomic E-state index is 0.177. The number of rotatable bonds is 7. The number of benzene rings is 1. The van der Waals surface area contributed by atoms with Gasteiger partial charge in [-0.2, -0.15) is 0 Å². The number of ether oxygens (including phenoxy) is 1. The van der Waals surface area contributed by atoms with Crippen molar-refractivity contribution in [3.05, 3.63) is 29.8 Å². The number of Topliss-reactive ketones (excluding diaryl/α,β-unsaturated/α-hetero) is 1. The van der Waals surface area contributed by atoms with Gasteiger partial charge in [0.05, 0.1) is 6.10 Å². The number of hydrogen-bond acceptors (Lipinski definition) is 3. The van der Waals surface area contributed by atoms with Crippen molar-refractivity contribution >= 4 is 5.78 Å². The number of carbonyl (C=O) groups is 1. The molecule has 18 heavy (non-hydrogen) atoms. The second-order valence-electron chi connectivity index (χ2n) is 5.15. The van der Waals surface area contributed by atoms with E-state index in [0.717, 1.165) is 30.6 Å². The van der Waals surface area contributed by atoms with E-state index < -0.39 is 0 Å². The van der Waals surface area contributed by atoms with Gasteiger partial charge in [0.1, 0.15) is 5.75 Å². The van der Waals surface area contributed by atoms with Crippen molar-refractivity contribution in [1.29, 1.82) is 0 Å². The summed E-state index contributed by atoms with van der Waals surface area (Å²) < 4.78 is 5.69. The Morgan fingerprint density at radius 1 is 1.50 bits per heavy atom. The lowest BCUT2D eigenvalue weighted by Crippen LogP contribution is -2.12. The van der Waals surface area contributed by atoms with Gasteiger partial charge in [-0.25, -0.2) is 0 Å². The number of nitrogens with two attached hydrogens (primary N) is 1. The van der Waals surface area contributed by atoms with Crippen LogP contribution in [0.25, 0.3) is 0 Å². The number of ketones is 1. The molecule has 0 spiro atoms. The van der Waals surface area contributed by atoms with Gasteiger partial charge >= 0.3 is 0 Å². The Hall–Kier alpha value is -1.35. The van der Waals surface area contributed by atoms with Gasteiger partial charge in [0.25, 0.3) is 0 Å². The first-order valence-corrected chi connectivity index (χ1v) is 6.69. The monoisotopic (exact) mass is 247 g/mol. The lowest BCUT2D eigenvalue weighted by Gasteiger charge is -2.08. The predicted molar refractivity (Wildman–Crippen MR) is 71.9 cm³/mol. The molecule has 1 aromatic carbocycles. The quantitative estimate of drug-likeness (QED) is 0.754. The molecule has 1 aliphatic carbocycles. The summed E-state index contributed by atoms with van der Waals surface area (Å²) in [7, 11) is 0. The average Bonchev–Trinajstić information content (AvgIpc) is 3.19. The van der Waals surface area contributed by atoms with E-state index >= 15 is 0 Å². The maximum Gasteiger partial charge on any atom is 0.163 e. The number of carbonyl (C=O) groups excluding carboxylic acids is 1. The summed E-state index contributed by atoms with van der Waals surface area (Å²) in [4.78, 5) is 12.0. The van der Waals surface area contributed by atoms with Crippen LogP contribution in [-0.4, -0.2) is 18.4 Å². The largest absolute Gasteiger partial charge is 0.490 e. The van der Waals surface area contributed by atoms with E-state index in [1.165, 1.54) is 0 Å². The van der Waals surface area contributed by atoms with E-state index in [2.05, 4.69) is 6.92 Å². The standard InChI is InChI=1S/C15H21NO2/c1-11(10-16)5-8-15(17)12-3-2-4-14(9-12)18-13-6-7-13/h2-4,9,11,13H,5-8,10,16H2,1H3. The summed E-state index contributed by atoms with van der Waals surface area (Å²) in [5, 5.41) is 0. The highest BCUT2D eigenvalue weighted by atomic mass is 16.5. The summed E-state index contributed by atoms with van der Waals surface area (Å²) in [6.07, 6.45) is 4.04. The molecule has 2 rings (SSSR count). The third-order valence-electron chi connectivity index (χ3n) is 3.25. The van der Waals surface area contributed by atoms with Crippen molar-refractivity contribution in [3.8, 4) is 5.75 Å². The van der Waals surface area contributed by atoms with Gasteiger partial charge in [-0.1, -0.05) is 19.1 Å². The van der Waals surface area contributed by atoms with Gasteiger partial charge in [0, 0.05) is 12.0 Å². The Labute approximate surface area is 108 Å². The molecule has 3 nitrogen and oxygen atoms in total. The van der Waals surface area contributed by atoms with E-state index in [4.69, 9.17) is 10.5 Å². The van der Waals surface area contributed by atoms with Crippen molar-refractivity contribution in [2.45, 2.75) is 38.7 Å². The normalized spacial score (nSPS) is 16.3. The smallest absolute Gasteiger partial charge is 0.163 e. The van der Waals surface area contributed by atoms with Crippen molar-refractivity contribution in [1.82, 2.24) is 0 Å². The molecule has 1 saturated carbocycles. The maximum absolute atomic E-state index is 12.0. The molecule has 0 aromatic heterocycles. The minimum atomic E-state index is 0.177. The van der Waals surface area contributed by atoms with E-state index in [1.807, 2.05) is 24.3 Å². The molecule has 0 saturated heterocycles. The molecule has 1 fully saturated rings. The molecule has 0 bridgehead atoms. The van der Waals surface area contributed by atoms with Crippen LogP contribution in [-0.2, 0) is 0 Å². The molecular weight excluding hydrogens is 226 g/mol. The molecule has 0 heterocycles. The van der Waals surface area contributed by atoms with Crippen molar-refractivity contribution in [2.75, 3.05) is 6.54 Å². The third kappa shape index (κ3) is 3.84. The van der Waals surface area contributed by atoms with Crippen LogP contribution in [0, 0.1) is 5.92 Å². The van der Waals surface area contributed by atoms with Crippen molar-refractivity contribution in [2.24, 2.45) is 11.7 Å². The first-order chi connectivity index (χ1) is 8.69. The molecule has 1 aromatic rings. The molecule has 0 radical (unpaired) electrons. The summed E-state index contributed by atoms with van der Waals surface area (Å²) in [6, 6.07) is 7.51. The van der Waals surface area contributed by atoms with Crippen LogP contribution in [0.1, 0.15) is 43.0 Å². The van der Waals surface area contributed by atoms with E-state index in [1.54, 1.807) is 0 Å². The minimum Gasteiger partial charge on any atom is -0.490 e. The Kier molecular flexibility index (Phi) is 4.37. The fourth-order valence-electron chi connectivity index (χ4n) is 1.76. The van der Waals surface area contributed by atoms with E-state index in [9.17, 15) is 4.79 Å². The van der Waals surface area contributed by atoms with Crippen LogP contribution < -0.4 is 10.5 Å². The van der Waals surface area contributed by atoms with Gasteiger partial charge in [0.2, 0.25) is 0 Å². The maximum atomic E-state index is 12.0. The van der Waals surface area contributed by atoms with Crippen molar-refractivity contribution < 1.29 is 9.53 Å². The summed E-state index contributed by atoms with van der Waals surface area (Å²) in [6.45, 7) is 2.71. The highest BCUT2D eigenvalue weighted by molar-refractivity contribution is 5.96. The molecule has 1 unspecified atom stereocenters. The topological polar surface area (TPSA) is 52.3 Å². The Morgan fingerprint density at radius 2 is 2.28 bits per heavy atom. The second kappa shape index (κ2) is 6.01. The third-order valence-corrected chi connectivity index (χ3v) is 3.25. The van der Waals surface area contributed by atoms with Crippen LogP contribution >= 0.6 is 0 Å². The number of hydrogen-bond donors (Lipinski definition) is 1. The highest BCUT2D eigenvalue weighted by Gasteiger charge is 2.23. The summed E-state index contributed by atoms with van der Waals surface area (Å²) in [5.41, 5.74) is 6.30. The zero-order chi connectivity index (χ0) is 13.0. The molecule has 98 valence electrons. The van der Waals surface area contributed by atoms with Gasteiger partial charge in [-0.15, -0.1) is 0 Å². The summed E-state index contributed by atoms with van der Waals surface area (Å²) >= 11 is 0. The van der Waals surface area contributed by atoms with Crippen LogP contribution in [0.4, 0.5) is 0 Å². The van der Waals surface area contributed by atoms with Gasteiger partial charge in [-0.05, 0) is 43.9 Å². The zero-order valence-electron chi connectivity index (χ0n) is 10.9. The first kappa shape index (κ1) is 13.1. The van der Waals surface area contributed by atoms with Crippen molar-refractivity contribution in [3.63, 3.8) is 0 Å². The Morgan fingerprint density at radius 3 is 2.94 bits per heavy atom. The van der Waals surface area contributed by atoms with Gasteiger partial charge in [-0.3, -0.25) is 4.79 Å².